The average Bonchev–Trinajstić information content (AvgIpc) is 3.04. The first kappa shape index (κ1) is 29.5. The molecule has 220 valence electrons. The highest BCUT2D eigenvalue weighted by Gasteiger charge is 2.53. The summed E-state index contributed by atoms with van der Waals surface area (Å²) in [6, 6.07) is 27.5. The zero-order chi connectivity index (χ0) is 29.4. The number of piperidine rings is 1. The van der Waals surface area contributed by atoms with Crippen LogP contribution in [-0.4, -0.2) is 71.8 Å². The lowest BCUT2D eigenvalue weighted by Gasteiger charge is -2.51. The second kappa shape index (κ2) is 13.8. The Morgan fingerprint density at radius 2 is 1.52 bits per heavy atom. The van der Waals surface area contributed by atoms with Crippen molar-refractivity contribution in [3.8, 4) is 11.1 Å². The number of carbonyl (C=O) groups is 3. The second-order valence-corrected chi connectivity index (χ2v) is 11.5. The van der Waals surface area contributed by atoms with Crippen LogP contribution in [0.1, 0.15) is 54.9 Å². The van der Waals surface area contributed by atoms with Gasteiger partial charge >= 0.3 is 0 Å². The Bertz CT molecular complexity index is 1340. The van der Waals surface area contributed by atoms with Gasteiger partial charge in [0, 0.05) is 38.3 Å². The van der Waals surface area contributed by atoms with Crippen molar-refractivity contribution < 1.29 is 14.4 Å². The highest BCUT2D eigenvalue weighted by Crippen LogP contribution is 2.34. The zero-order valence-electron chi connectivity index (χ0n) is 24.6. The van der Waals surface area contributed by atoms with Crippen LogP contribution >= 0.6 is 0 Å². The van der Waals surface area contributed by atoms with E-state index in [0.29, 0.717) is 44.3 Å². The van der Waals surface area contributed by atoms with Crippen LogP contribution in [0, 0.1) is 0 Å². The van der Waals surface area contributed by atoms with Crippen molar-refractivity contribution >= 4 is 17.7 Å². The van der Waals surface area contributed by atoms with Crippen LogP contribution in [0.15, 0.2) is 84.9 Å². The van der Waals surface area contributed by atoms with Gasteiger partial charge in [0.15, 0.2) is 0 Å². The monoisotopic (exact) mass is 566 g/mol. The van der Waals surface area contributed by atoms with Gasteiger partial charge in [0.05, 0.1) is 0 Å². The van der Waals surface area contributed by atoms with E-state index in [2.05, 4.69) is 46.7 Å². The van der Waals surface area contributed by atoms with Gasteiger partial charge in [-0.1, -0.05) is 79.7 Å². The molecule has 1 atom stereocenters. The minimum absolute atomic E-state index is 0.0111. The summed E-state index contributed by atoms with van der Waals surface area (Å²) in [6.45, 7) is 5.64. The highest BCUT2D eigenvalue weighted by molar-refractivity contribution is 6.00. The number of benzene rings is 3. The fourth-order valence-corrected chi connectivity index (χ4v) is 6.25. The van der Waals surface area contributed by atoms with Crippen molar-refractivity contribution in [1.82, 2.24) is 20.4 Å². The molecule has 2 fully saturated rings. The van der Waals surface area contributed by atoms with Gasteiger partial charge in [-0.25, -0.2) is 0 Å². The Balaban J connectivity index is 1.10. The Morgan fingerprint density at radius 3 is 2.19 bits per heavy atom. The summed E-state index contributed by atoms with van der Waals surface area (Å²) < 4.78 is 0. The molecule has 2 aliphatic heterocycles. The lowest BCUT2D eigenvalue weighted by molar-refractivity contribution is -0.161. The standard InChI is InChI=1S/C35H42N4O3/c1-2-23-39-33(41)31(14-9-22-36-32(40)30-17-15-29(16-18-30)28-12-7-4-8-13-28)37-34(42)35(39)20-25-38(26-21-35)24-19-27-10-5-3-6-11-27/h3-8,10-13,15-18,31H,2,9,14,19-26H2,1H3,(H,36,40)(H,37,42)/t31-/m0/s1. The molecule has 7 heteroatoms. The zero-order valence-corrected chi connectivity index (χ0v) is 24.6. The van der Waals surface area contributed by atoms with Gasteiger partial charge in [0.25, 0.3) is 5.91 Å². The lowest BCUT2D eigenvalue weighted by atomic mass is 9.81. The first-order valence-corrected chi connectivity index (χ1v) is 15.3. The normalized spacial score (nSPS) is 18.6. The molecule has 0 unspecified atom stereocenters. The predicted molar refractivity (Wildman–Crippen MR) is 166 cm³/mol. The number of rotatable bonds is 11. The van der Waals surface area contributed by atoms with Crippen LogP contribution in [0.25, 0.3) is 11.1 Å². The number of hydrogen-bond acceptors (Lipinski definition) is 4. The molecule has 42 heavy (non-hydrogen) atoms. The van der Waals surface area contributed by atoms with E-state index in [9.17, 15) is 14.4 Å². The molecule has 3 aromatic rings. The summed E-state index contributed by atoms with van der Waals surface area (Å²) in [6.07, 6.45) is 4.21. The first-order valence-electron chi connectivity index (χ1n) is 15.3. The Morgan fingerprint density at radius 1 is 0.881 bits per heavy atom. The van der Waals surface area contributed by atoms with E-state index < -0.39 is 11.6 Å². The van der Waals surface area contributed by atoms with E-state index in [0.717, 1.165) is 43.6 Å². The van der Waals surface area contributed by atoms with Gasteiger partial charge in [-0.2, -0.15) is 0 Å². The molecular weight excluding hydrogens is 524 g/mol. The third-order valence-corrected chi connectivity index (χ3v) is 8.71. The van der Waals surface area contributed by atoms with Crippen molar-refractivity contribution in [2.24, 2.45) is 0 Å². The maximum atomic E-state index is 13.6. The molecule has 7 nitrogen and oxygen atoms in total. The maximum absolute atomic E-state index is 13.6. The van der Waals surface area contributed by atoms with Gasteiger partial charge in [-0.15, -0.1) is 0 Å². The molecule has 2 aliphatic rings. The van der Waals surface area contributed by atoms with E-state index in [1.54, 1.807) is 0 Å². The molecule has 0 radical (unpaired) electrons. The maximum Gasteiger partial charge on any atom is 0.251 e. The van der Waals surface area contributed by atoms with Crippen LogP contribution in [-0.2, 0) is 16.0 Å². The molecule has 1 spiro atoms. The molecule has 2 saturated heterocycles. The van der Waals surface area contributed by atoms with E-state index in [-0.39, 0.29) is 17.7 Å². The summed E-state index contributed by atoms with van der Waals surface area (Å²) in [5.41, 5.74) is 3.33. The fourth-order valence-electron chi connectivity index (χ4n) is 6.25. The number of nitrogens with zero attached hydrogens (tertiary/aromatic N) is 2. The number of amides is 3. The molecule has 2 heterocycles. The molecule has 5 rings (SSSR count). The average molecular weight is 567 g/mol. The van der Waals surface area contributed by atoms with Gasteiger partial charge in [0.2, 0.25) is 11.8 Å². The lowest BCUT2D eigenvalue weighted by Crippen LogP contribution is -2.72. The second-order valence-electron chi connectivity index (χ2n) is 11.5. The summed E-state index contributed by atoms with van der Waals surface area (Å²) in [5.74, 6) is -0.151. The third-order valence-electron chi connectivity index (χ3n) is 8.71. The SMILES string of the molecule is CCCN1C(=O)[C@H](CCCNC(=O)c2ccc(-c3ccccc3)cc2)NC(=O)C12CCN(CCc1ccccc1)CC2. The van der Waals surface area contributed by atoms with Crippen molar-refractivity contribution in [3.05, 3.63) is 96.1 Å². The third kappa shape index (κ3) is 6.73. The highest BCUT2D eigenvalue weighted by atomic mass is 16.2. The molecule has 3 amide bonds. The Hall–Kier alpha value is -3.97. The van der Waals surface area contributed by atoms with Gasteiger partial charge < -0.3 is 20.4 Å². The van der Waals surface area contributed by atoms with Gasteiger partial charge in [-0.05, 0) is 67.3 Å². The van der Waals surface area contributed by atoms with Crippen LogP contribution in [0.3, 0.4) is 0 Å². The Kier molecular flexibility index (Phi) is 9.70. The minimum atomic E-state index is -0.757. The molecule has 0 aliphatic carbocycles. The quantitative estimate of drug-likeness (QED) is 0.331. The molecule has 0 aromatic heterocycles. The number of likely N-dealkylation sites (tertiary alicyclic amines) is 1. The molecule has 2 N–H and O–H groups in total. The Labute approximate surface area is 249 Å². The van der Waals surface area contributed by atoms with E-state index in [4.69, 9.17) is 0 Å². The van der Waals surface area contributed by atoms with Crippen molar-refractivity contribution in [2.75, 3.05) is 32.7 Å². The molecular formula is C35H42N4O3. The van der Waals surface area contributed by atoms with Crippen LogP contribution in [0.2, 0.25) is 0 Å². The smallest absolute Gasteiger partial charge is 0.251 e. The number of hydrogen-bond donors (Lipinski definition) is 2. The summed E-state index contributed by atoms with van der Waals surface area (Å²) in [7, 11) is 0. The van der Waals surface area contributed by atoms with Crippen molar-refractivity contribution in [3.63, 3.8) is 0 Å². The molecule has 0 bridgehead atoms. The van der Waals surface area contributed by atoms with Crippen molar-refractivity contribution in [1.29, 1.82) is 0 Å². The number of nitrogens with one attached hydrogen (secondary N) is 2. The first-order chi connectivity index (χ1) is 20.5. The van der Waals surface area contributed by atoms with E-state index in [1.165, 1.54) is 5.56 Å². The summed E-state index contributed by atoms with van der Waals surface area (Å²) in [5, 5.41) is 6.03. The minimum Gasteiger partial charge on any atom is -0.352 e. The van der Waals surface area contributed by atoms with E-state index >= 15 is 0 Å². The van der Waals surface area contributed by atoms with Crippen molar-refractivity contribution in [2.45, 2.75) is 57.0 Å². The summed E-state index contributed by atoms with van der Waals surface area (Å²) >= 11 is 0. The molecule has 0 saturated carbocycles. The fraction of sp³-hybridized carbons (Fsp3) is 0.400. The van der Waals surface area contributed by atoms with Crippen LogP contribution in [0.4, 0.5) is 0 Å². The molecule has 3 aromatic carbocycles. The number of piperazine rings is 1. The largest absolute Gasteiger partial charge is 0.352 e. The number of carbonyl (C=O) groups excluding carboxylic acids is 3. The van der Waals surface area contributed by atoms with Gasteiger partial charge in [-0.3, -0.25) is 14.4 Å². The topological polar surface area (TPSA) is 81.8 Å². The van der Waals surface area contributed by atoms with Crippen LogP contribution in [0.5, 0.6) is 0 Å². The van der Waals surface area contributed by atoms with Gasteiger partial charge in [0.1, 0.15) is 11.6 Å². The summed E-state index contributed by atoms with van der Waals surface area (Å²) in [4.78, 5) is 44.2. The van der Waals surface area contributed by atoms with Crippen LogP contribution < -0.4 is 10.6 Å². The predicted octanol–water partition coefficient (Wildman–Crippen LogP) is 4.68. The van der Waals surface area contributed by atoms with E-state index in [1.807, 2.05) is 65.6 Å².